The summed E-state index contributed by atoms with van der Waals surface area (Å²) >= 11 is 12.0. The Morgan fingerprint density at radius 3 is 2.29 bits per heavy atom. The Morgan fingerprint density at radius 2 is 1.71 bits per heavy atom. The number of aliphatic hydroxyl groups excluding tert-OH is 1. The minimum atomic E-state index is -0.397. The molecule has 0 aromatic heterocycles. The maximum Gasteiger partial charge on any atom is 0.0677 e. The molecule has 110 valence electrons. The van der Waals surface area contributed by atoms with Gasteiger partial charge in [-0.05, 0) is 42.5 Å². The first-order valence-electron chi connectivity index (χ1n) is 7.29. The number of halogens is 2. The van der Waals surface area contributed by atoms with Crippen molar-refractivity contribution in [2.45, 2.75) is 37.2 Å². The molecular formula is C18H18Cl2O. The second-order valence-electron chi connectivity index (χ2n) is 5.84. The van der Waals surface area contributed by atoms with Crippen LogP contribution >= 0.6 is 23.2 Å². The predicted octanol–water partition coefficient (Wildman–Crippen LogP) is 5.02. The zero-order chi connectivity index (χ0) is 14.9. The van der Waals surface area contributed by atoms with Gasteiger partial charge in [-0.15, -0.1) is 0 Å². The van der Waals surface area contributed by atoms with Gasteiger partial charge in [0.15, 0.2) is 0 Å². The number of benzene rings is 2. The largest absolute Gasteiger partial charge is 0.392 e. The van der Waals surface area contributed by atoms with E-state index in [2.05, 4.69) is 12.1 Å². The minimum Gasteiger partial charge on any atom is -0.392 e. The van der Waals surface area contributed by atoms with E-state index in [1.165, 1.54) is 12.0 Å². The first-order valence-corrected chi connectivity index (χ1v) is 8.05. The fraction of sp³-hybridized carbons (Fsp3) is 0.333. The topological polar surface area (TPSA) is 20.2 Å². The van der Waals surface area contributed by atoms with Gasteiger partial charge < -0.3 is 5.11 Å². The van der Waals surface area contributed by atoms with Gasteiger partial charge in [0, 0.05) is 5.41 Å². The molecule has 21 heavy (non-hydrogen) atoms. The first kappa shape index (κ1) is 14.9. The zero-order valence-corrected chi connectivity index (χ0v) is 13.2. The summed E-state index contributed by atoms with van der Waals surface area (Å²) in [6, 6.07) is 15.9. The highest BCUT2D eigenvalue weighted by atomic mass is 35.5. The molecule has 0 spiro atoms. The highest BCUT2D eigenvalue weighted by molar-refractivity contribution is 6.42. The Labute approximate surface area is 135 Å². The number of rotatable bonds is 4. The number of hydrogen-bond acceptors (Lipinski definition) is 1. The molecule has 0 saturated heterocycles. The van der Waals surface area contributed by atoms with Crippen molar-refractivity contribution in [2.24, 2.45) is 0 Å². The summed E-state index contributed by atoms with van der Waals surface area (Å²) in [4.78, 5) is 0. The summed E-state index contributed by atoms with van der Waals surface area (Å²) in [6.45, 7) is 0. The van der Waals surface area contributed by atoms with Crippen molar-refractivity contribution in [1.82, 2.24) is 0 Å². The molecule has 1 aliphatic rings. The van der Waals surface area contributed by atoms with Crippen LogP contribution in [-0.4, -0.2) is 11.2 Å². The third kappa shape index (κ3) is 2.83. The van der Waals surface area contributed by atoms with E-state index in [0.29, 0.717) is 16.5 Å². The summed E-state index contributed by atoms with van der Waals surface area (Å²) in [5, 5.41) is 11.9. The number of hydrogen-bond donors (Lipinski definition) is 1. The van der Waals surface area contributed by atoms with Crippen LogP contribution < -0.4 is 0 Å². The van der Waals surface area contributed by atoms with E-state index >= 15 is 0 Å². The predicted molar refractivity (Wildman–Crippen MR) is 88.1 cm³/mol. The lowest BCUT2D eigenvalue weighted by Crippen LogP contribution is -2.46. The van der Waals surface area contributed by atoms with Crippen LogP contribution in [0.15, 0.2) is 48.5 Å². The van der Waals surface area contributed by atoms with Crippen LogP contribution in [0.5, 0.6) is 0 Å². The van der Waals surface area contributed by atoms with Crippen LogP contribution in [0.1, 0.15) is 30.4 Å². The van der Waals surface area contributed by atoms with Gasteiger partial charge in [-0.3, -0.25) is 0 Å². The van der Waals surface area contributed by atoms with Crippen molar-refractivity contribution in [1.29, 1.82) is 0 Å². The molecule has 1 nitrogen and oxygen atoms in total. The molecule has 0 radical (unpaired) electrons. The van der Waals surface area contributed by atoms with Gasteiger partial charge in [-0.1, -0.05) is 66.0 Å². The van der Waals surface area contributed by atoms with Crippen molar-refractivity contribution < 1.29 is 5.11 Å². The van der Waals surface area contributed by atoms with Gasteiger partial charge in [0.25, 0.3) is 0 Å². The summed E-state index contributed by atoms with van der Waals surface area (Å²) in [5.41, 5.74) is 2.16. The molecule has 1 fully saturated rings. The van der Waals surface area contributed by atoms with E-state index in [9.17, 15) is 5.11 Å². The van der Waals surface area contributed by atoms with Crippen LogP contribution in [0, 0.1) is 0 Å². The van der Waals surface area contributed by atoms with Gasteiger partial charge in [0.2, 0.25) is 0 Å². The van der Waals surface area contributed by atoms with Gasteiger partial charge in [-0.2, -0.15) is 0 Å². The lowest BCUT2D eigenvalue weighted by molar-refractivity contribution is 0.0286. The van der Waals surface area contributed by atoms with Crippen LogP contribution in [0.4, 0.5) is 0 Å². The maximum atomic E-state index is 10.8. The molecular weight excluding hydrogens is 303 g/mol. The normalized spacial score (nSPS) is 18.0. The fourth-order valence-electron chi connectivity index (χ4n) is 3.23. The van der Waals surface area contributed by atoms with Gasteiger partial charge in [-0.25, -0.2) is 0 Å². The summed E-state index contributed by atoms with van der Waals surface area (Å²) < 4.78 is 0. The van der Waals surface area contributed by atoms with Crippen molar-refractivity contribution in [3.8, 4) is 0 Å². The third-order valence-electron chi connectivity index (χ3n) is 4.65. The molecule has 2 aromatic carbocycles. The van der Waals surface area contributed by atoms with E-state index in [4.69, 9.17) is 23.2 Å². The second kappa shape index (κ2) is 6.00. The highest BCUT2D eigenvalue weighted by Gasteiger charge is 2.44. The molecule has 1 unspecified atom stereocenters. The molecule has 2 aromatic rings. The molecule has 1 N–H and O–H groups in total. The molecule has 1 saturated carbocycles. The highest BCUT2D eigenvalue weighted by Crippen LogP contribution is 2.47. The van der Waals surface area contributed by atoms with Crippen molar-refractivity contribution in [3.63, 3.8) is 0 Å². The number of aliphatic hydroxyl groups is 1. The first-order chi connectivity index (χ1) is 10.1. The Balaban J connectivity index is 1.83. The molecule has 1 aliphatic carbocycles. The quantitative estimate of drug-likeness (QED) is 0.838. The Morgan fingerprint density at radius 1 is 1.00 bits per heavy atom. The molecule has 3 heteroatoms. The fourth-order valence-corrected chi connectivity index (χ4v) is 3.55. The lowest BCUT2D eigenvalue weighted by Gasteiger charge is -2.46. The third-order valence-corrected chi connectivity index (χ3v) is 5.38. The van der Waals surface area contributed by atoms with Crippen molar-refractivity contribution in [2.75, 3.05) is 0 Å². The standard InChI is InChI=1S/C18H18Cl2O/c19-15-8-7-13(11-16(15)20)12-17(21)18(9-4-10-18)14-5-2-1-3-6-14/h1-3,5-8,11,17,21H,4,9-10,12H2. The average Bonchev–Trinajstić information content (AvgIpc) is 2.43. The second-order valence-corrected chi connectivity index (χ2v) is 6.66. The molecule has 0 aliphatic heterocycles. The van der Waals surface area contributed by atoms with Crippen LogP contribution in [0.3, 0.4) is 0 Å². The lowest BCUT2D eigenvalue weighted by atomic mass is 9.60. The van der Waals surface area contributed by atoms with Gasteiger partial charge >= 0.3 is 0 Å². The molecule has 1 atom stereocenters. The summed E-state index contributed by atoms with van der Waals surface area (Å²) in [7, 11) is 0. The monoisotopic (exact) mass is 320 g/mol. The smallest absolute Gasteiger partial charge is 0.0677 e. The van der Waals surface area contributed by atoms with Crippen LogP contribution in [0.2, 0.25) is 10.0 Å². The maximum absolute atomic E-state index is 10.8. The SMILES string of the molecule is OC(Cc1ccc(Cl)c(Cl)c1)C1(c2ccccc2)CCC1. The molecule has 3 rings (SSSR count). The van der Waals surface area contributed by atoms with E-state index in [-0.39, 0.29) is 5.41 Å². The summed E-state index contributed by atoms with van der Waals surface area (Å²) in [6.07, 6.45) is 3.46. The van der Waals surface area contributed by atoms with E-state index < -0.39 is 6.10 Å². The minimum absolute atomic E-state index is 0.104. The average molecular weight is 321 g/mol. The van der Waals surface area contributed by atoms with Gasteiger partial charge in [0.05, 0.1) is 16.1 Å². The molecule has 0 heterocycles. The van der Waals surface area contributed by atoms with Crippen molar-refractivity contribution in [3.05, 3.63) is 69.7 Å². The molecule has 0 amide bonds. The van der Waals surface area contributed by atoms with E-state index in [1.54, 1.807) is 6.07 Å². The van der Waals surface area contributed by atoms with Crippen LogP contribution in [0.25, 0.3) is 0 Å². The Hall–Kier alpha value is -1.02. The zero-order valence-electron chi connectivity index (χ0n) is 11.7. The molecule has 0 bridgehead atoms. The Kier molecular flexibility index (Phi) is 4.26. The van der Waals surface area contributed by atoms with Crippen molar-refractivity contribution >= 4 is 23.2 Å². The Bertz CT molecular complexity index is 620. The summed E-state index contributed by atoms with van der Waals surface area (Å²) in [5.74, 6) is 0. The van der Waals surface area contributed by atoms with Crippen LogP contribution in [-0.2, 0) is 11.8 Å². The van der Waals surface area contributed by atoms with E-state index in [1.807, 2.05) is 30.3 Å². The van der Waals surface area contributed by atoms with Gasteiger partial charge in [0.1, 0.15) is 0 Å². The van der Waals surface area contributed by atoms with E-state index in [0.717, 1.165) is 18.4 Å².